The number of hydrogen-bond acceptors (Lipinski definition) is 4. The summed E-state index contributed by atoms with van der Waals surface area (Å²) in [6.45, 7) is 6.91. The molecule has 4 nitrogen and oxygen atoms in total. The second-order valence-corrected chi connectivity index (χ2v) is 10.4. The van der Waals surface area contributed by atoms with Gasteiger partial charge in [0.25, 0.3) is 0 Å². The lowest BCUT2D eigenvalue weighted by molar-refractivity contribution is -0.0790. The molecule has 0 radical (unpaired) electrons. The van der Waals surface area contributed by atoms with Gasteiger partial charge in [0.15, 0.2) is 0 Å². The average Bonchev–Trinajstić information content (AvgIpc) is 2.98. The van der Waals surface area contributed by atoms with Crippen LogP contribution in [0.15, 0.2) is 121 Å². The van der Waals surface area contributed by atoms with Gasteiger partial charge in [0.1, 0.15) is 0 Å². The van der Waals surface area contributed by atoms with Gasteiger partial charge in [0.05, 0.1) is 12.2 Å². The molecular weight excluding hydrogens is 480 g/mol. The van der Waals surface area contributed by atoms with E-state index in [0.717, 1.165) is 6.42 Å². The lowest BCUT2D eigenvalue weighted by Gasteiger charge is -2.40. The highest BCUT2D eigenvalue weighted by atomic mass is 16.3. The highest BCUT2D eigenvalue weighted by Crippen LogP contribution is 2.24. The Hall–Kier alpha value is -3.28. The summed E-state index contributed by atoms with van der Waals surface area (Å²) >= 11 is 0. The molecule has 0 aliphatic heterocycles. The maximum atomic E-state index is 11.7. The Kier molecular flexibility index (Phi) is 10.9. The van der Waals surface area contributed by atoms with Crippen molar-refractivity contribution in [3.8, 4) is 0 Å². The molecule has 0 saturated carbocycles. The monoisotopic (exact) mass is 522 g/mol. The van der Waals surface area contributed by atoms with Crippen LogP contribution in [-0.2, 0) is 26.2 Å². The van der Waals surface area contributed by atoms with E-state index in [1.165, 1.54) is 22.3 Å². The van der Waals surface area contributed by atoms with E-state index in [9.17, 15) is 10.2 Å². The van der Waals surface area contributed by atoms with Crippen molar-refractivity contribution in [3.05, 3.63) is 144 Å². The molecule has 4 heteroatoms. The van der Waals surface area contributed by atoms with Crippen molar-refractivity contribution in [2.45, 2.75) is 70.7 Å². The van der Waals surface area contributed by atoms with E-state index in [1.54, 1.807) is 0 Å². The summed E-state index contributed by atoms with van der Waals surface area (Å²) in [6, 6.07) is 41.0. The third-order valence-corrected chi connectivity index (χ3v) is 7.62. The Labute approximate surface area is 234 Å². The van der Waals surface area contributed by atoms with Crippen molar-refractivity contribution in [2.24, 2.45) is 0 Å². The van der Waals surface area contributed by atoms with Gasteiger partial charge in [-0.15, -0.1) is 0 Å². The van der Waals surface area contributed by atoms with Gasteiger partial charge in [-0.1, -0.05) is 128 Å². The minimum atomic E-state index is -0.920. The minimum Gasteiger partial charge on any atom is -0.389 e. The fourth-order valence-corrected chi connectivity index (χ4v) is 5.35. The Morgan fingerprint density at radius 3 is 1.10 bits per heavy atom. The van der Waals surface area contributed by atoms with Crippen LogP contribution in [0.5, 0.6) is 0 Å². The molecule has 0 spiro atoms. The first-order valence-corrected chi connectivity index (χ1v) is 14.0. The van der Waals surface area contributed by atoms with Crippen molar-refractivity contribution in [1.29, 1.82) is 0 Å². The zero-order chi connectivity index (χ0) is 27.5. The second-order valence-electron chi connectivity index (χ2n) is 10.4. The number of nitrogens with zero attached hydrogens (tertiary/aromatic N) is 2. The molecule has 0 amide bonds. The van der Waals surface area contributed by atoms with Gasteiger partial charge in [-0.25, -0.2) is 0 Å². The molecule has 0 fully saturated rings. The van der Waals surface area contributed by atoms with Crippen LogP contribution in [0.25, 0.3) is 0 Å². The summed E-state index contributed by atoms with van der Waals surface area (Å²) in [6.07, 6.45) is -1.11. The van der Waals surface area contributed by atoms with Gasteiger partial charge in [0.2, 0.25) is 0 Å². The summed E-state index contributed by atoms with van der Waals surface area (Å²) in [5, 5.41) is 23.4. The SMILES string of the molecule is CC[C@H]([C@@H](O)[C@H](O)[C@H](C)N(Cc1ccccc1)Cc1ccccc1)N(Cc1ccccc1)Cc1ccccc1. The van der Waals surface area contributed by atoms with Gasteiger partial charge in [-0.3, -0.25) is 9.80 Å². The molecule has 0 bridgehead atoms. The van der Waals surface area contributed by atoms with Gasteiger partial charge < -0.3 is 10.2 Å². The van der Waals surface area contributed by atoms with Crippen LogP contribution in [-0.4, -0.2) is 44.3 Å². The summed E-state index contributed by atoms with van der Waals surface area (Å²) < 4.78 is 0. The molecule has 4 aromatic carbocycles. The lowest BCUT2D eigenvalue weighted by atomic mass is 9.94. The molecule has 0 aliphatic rings. The van der Waals surface area contributed by atoms with Crippen molar-refractivity contribution in [3.63, 3.8) is 0 Å². The molecule has 4 aromatic rings. The van der Waals surface area contributed by atoms with Gasteiger partial charge in [0, 0.05) is 38.3 Å². The van der Waals surface area contributed by atoms with Crippen LogP contribution < -0.4 is 0 Å². The maximum Gasteiger partial charge on any atom is 0.0969 e. The smallest absolute Gasteiger partial charge is 0.0969 e. The molecule has 204 valence electrons. The zero-order valence-electron chi connectivity index (χ0n) is 23.2. The number of rotatable bonds is 14. The van der Waals surface area contributed by atoms with Crippen LogP contribution in [0.1, 0.15) is 42.5 Å². The molecule has 4 rings (SSSR count). The first-order valence-electron chi connectivity index (χ1n) is 14.0. The van der Waals surface area contributed by atoms with Crippen molar-refractivity contribution in [1.82, 2.24) is 9.80 Å². The van der Waals surface area contributed by atoms with Crippen LogP contribution in [0.3, 0.4) is 0 Å². The van der Waals surface area contributed by atoms with Gasteiger partial charge >= 0.3 is 0 Å². The third-order valence-electron chi connectivity index (χ3n) is 7.62. The van der Waals surface area contributed by atoms with Crippen molar-refractivity contribution in [2.75, 3.05) is 0 Å². The molecule has 39 heavy (non-hydrogen) atoms. The highest BCUT2D eigenvalue weighted by molar-refractivity contribution is 5.19. The predicted octanol–water partition coefficient (Wildman–Crippen LogP) is 6.28. The van der Waals surface area contributed by atoms with Crippen LogP contribution >= 0.6 is 0 Å². The fraction of sp³-hybridized carbons (Fsp3) is 0.314. The molecule has 0 unspecified atom stereocenters. The first kappa shape index (κ1) is 28.7. The summed E-state index contributed by atoms with van der Waals surface area (Å²) in [5.41, 5.74) is 4.75. The number of aliphatic hydroxyl groups excluding tert-OH is 2. The van der Waals surface area contributed by atoms with E-state index in [-0.39, 0.29) is 12.1 Å². The van der Waals surface area contributed by atoms with E-state index in [0.29, 0.717) is 26.2 Å². The summed E-state index contributed by atoms with van der Waals surface area (Å²) in [5.74, 6) is 0. The zero-order valence-corrected chi connectivity index (χ0v) is 23.2. The molecule has 0 aromatic heterocycles. The van der Waals surface area contributed by atoms with Gasteiger partial charge in [-0.2, -0.15) is 0 Å². The highest BCUT2D eigenvalue weighted by Gasteiger charge is 2.35. The van der Waals surface area contributed by atoms with Gasteiger partial charge in [-0.05, 0) is 35.6 Å². The van der Waals surface area contributed by atoms with E-state index in [2.05, 4.69) is 89.5 Å². The molecule has 0 saturated heterocycles. The normalized spacial score (nSPS) is 14.7. The number of benzene rings is 4. The molecule has 0 aliphatic carbocycles. The topological polar surface area (TPSA) is 46.9 Å². The maximum absolute atomic E-state index is 11.7. The largest absolute Gasteiger partial charge is 0.389 e. The number of hydrogen-bond donors (Lipinski definition) is 2. The van der Waals surface area contributed by atoms with E-state index < -0.39 is 12.2 Å². The second kappa shape index (κ2) is 14.8. The predicted molar refractivity (Wildman–Crippen MR) is 160 cm³/mol. The van der Waals surface area contributed by atoms with E-state index in [4.69, 9.17) is 0 Å². The molecule has 2 N–H and O–H groups in total. The molecular formula is C35H42N2O2. The average molecular weight is 523 g/mol. The van der Waals surface area contributed by atoms with Crippen molar-refractivity contribution >= 4 is 0 Å². The fourth-order valence-electron chi connectivity index (χ4n) is 5.35. The Bertz CT molecular complexity index is 1120. The summed E-state index contributed by atoms with van der Waals surface area (Å²) in [4.78, 5) is 4.58. The summed E-state index contributed by atoms with van der Waals surface area (Å²) in [7, 11) is 0. The first-order chi connectivity index (χ1) is 19.0. The van der Waals surface area contributed by atoms with Crippen LogP contribution in [0.4, 0.5) is 0 Å². The van der Waals surface area contributed by atoms with Crippen LogP contribution in [0, 0.1) is 0 Å². The van der Waals surface area contributed by atoms with Crippen LogP contribution in [0.2, 0.25) is 0 Å². The molecule has 4 atom stereocenters. The quantitative estimate of drug-likeness (QED) is 0.205. The minimum absolute atomic E-state index is 0.210. The molecule has 0 heterocycles. The Morgan fingerprint density at radius 1 is 0.487 bits per heavy atom. The third kappa shape index (κ3) is 8.35. The lowest BCUT2D eigenvalue weighted by Crippen LogP contribution is -2.54. The van der Waals surface area contributed by atoms with E-state index in [1.807, 2.05) is 55.5 Å². The van der Waals surface area contributed by atoms with Crippen molar-refractivity contribution < 1.29 is 10.2 Å². The Balaban J connectivity index is 1.56. The number of aliphatic hydroxyl groups is 2. The standard InChI is InChI=1S/C35H42N2O2/c1-3-33(37(26-31-20-12-6-13-21-31)27-32-22-14-7-15-23-32)35(39)34(38)28(2)36(24-29-16-8-4-9-17-29)25-30-18-10-5-11-19-30/h4-23,28,33-35,38-39H,3,24-27H2,1-2H3/t28-,33+,34+,35+/m0/s1. The Morgan fingerprint density at radius 2 is 0.795 bits per heavy atom. The van der Waals surface area contributed by atoms with E-state index >= 15 is 0 Å².